The standard InChI is InChI=1S/C22H38N4O3/c1-6-26(7-2)12-14-28-19-10-9-18(15-20(19)27-5)16-24-21(23-4)25-17-22(3)11-8-13-29-22/h9-10,15H,6-8,11-14,16-17H2,1-5H3,(H2,23,24,25). The number of methoxy groups -OCH3 is 1. The van der Waals surface area contributed by atoms with Crippen LogP contribution >= 0.6 is 0 Å². The fourth-order valence-corrected chi connectivity index (χ4v) is 3.42. The zero-order valence-electron chi connectivity index (χ0n) is 18.7. The van der Waals surface area contributed by atoms with Gasteiger partial charge in [-0.25, -0.2) is 0 Å². The van der Waals surface area contributed by atoms with E-state index in [0.717, 1.165) is 68.6 Å². The molecule has 0 bridgehead atoms. The van der Waals surface area contributed by atoms with Crippen molar-refractivity contribution in [3.8, 4) is 11.5 Å². The van der Waals surface area contributed by atoms with Crippen LogP contribution in [0.15, 0.2) is 23.2 Å². The Morgan fingerprint density at radius 3 is 2.66 bits per heavy atom. The number of nitrogens with one attached hydrogen (secondary N) is 2. The molecule has 1 fully saturated rings. The first-order chi connectivity index (χ1) is 14.0. The van der Waals surface area contributed by atoms with Crippen molar-refractivity contribution in [2.24, 2.45) is 4.99 Å². The van der Waals surface area contributed by atoms with E-state index in [4.69, 9.17) is 14.2 Å². The van der Waals surface area contributed by atoms with Gasteiger partial charge in [0.1, 0.15) is 6.61 Å². The number of aliphatic imine (C=N–C) groups is 1. The maximum atomic E-state index is 5.93. The monoisotopic (exact) mass is 406 g/mol. The molecule has 1 heterocycles. The Bertz CT molecular complexity index is 641. The van der Waals surface area contributed by atoms with Crippen molar-refractivity contribution >= 4 is 5.96 Å². The lowest BCUT2D eigenvalue weighted by Crippen LogP contribution is -2.45. The quantitative estimate of drug-likeness (QED) is 0.435. The van der Waals surface area contributed by atoms with Gasteiger partial charge >= 0.3 is 0 Å². The molecular formula is C22H38N4O3. The number of likely N-dealkylation sites (N-methyl/N-ethyl adjacent to an activating group) is 1. The van der Waals surface area contributed by atoms with E-state index < -0.39 is 0 Å². The Balaban J connectivity index is 1.85. The number of nitrogens with zero attached hydrogens (tertiary/aromatic N) is 2. The fourth-order valence-electron chi connectivity index (χ4n) is 3.42. The minimum absolute atomic E-state index is 0.106. The van der Waals surface area contributed by atoms with Gasteiger partial charge in [0.05, 0.1) is 12.7 Å². The molecule has 2 N–H and O–H groups in total. The minimum atomic E-state index is -0.106. The number of guanidine groups is 1. The maximum Gasteiger partial charge on any atom is 0.191 e. The van der Waals surface area contributed by atoms with E-state index in [0.29, 0.717) is 13.2 Å². The lowest BCUT2D eigenvalue weighted by atomic mass is 10.0. The summed E-state index contributed by atoms with van der Waals surface area (Å²) < 4.78 is 17.3. The summed E-state index contributed by atoms with van der Waals surface area (Å²) in [4.78, 5) is 6.64. The summed E-state index contributed by atoms with van der Waals surface area (Å²) in [6.07, 6.45) is 2.19. The highest BCUT2D eigenvalue weighted by Gasteiger charge is 2.29. The van der Waals surface area contributed by atoms with Crippen LogP contribution in [0.25, 0.3) is 0 Å². The maximum absolute atomic E-state index is 5.93. The number of ether oxygens (including phenoxy) is 3. The lowest BCUT2D eigenvalue weighted by molar-refractivity contribution is 0.0243. The van der Waals surface area contributed by atoms with E-state index in [2.05, 4.69) is 47.4 Å². The highest BCUT2D eigenvalue weighted by Crippen LogP contribution is 2.28. The second kappa shape index (κ2) is 11.9. The van der Waals surface area contributed by atoms with Gasteiger partial charge < -0.3 is 29.7 Å². The van der Waals surface area contributed by atoms with Crippen molar-refractivity contribution in [2.45, 2.75) is 45.8 Å². The number of hydrogen-bond acceptors (Lipinski definition) is 5. The van der Waals surface area contributed by atoms with Crippen LogP contribution in [0.4, 0.5) is 0 Å². The average molecular weight is 407 g/mol. The van der Waals surface area contributed by atoms with Crippen molar-refractivity contribution < 1.29 is 14.2 Å². The predicted octanol–water partition coefficient (Wildman–Crippen LogP) is 2.65. The molecule has 1 atom stereocenters. The molecule has 1 aromatic carbocycles. The Morgan fingerprint density at radius 1 is 1.24 bits per heavy atom. The van der Waals surface area contributed by atoms with Crippen molar-refractivity contribution in [3.05, 3.63) is 23.8 Å². The summed E-state index contributed by atoms with van der Waals surface area (Å²) in [5, 5.41) is 6.72. The molecule has 2 rings (SSSR count). The highest BCUT2D eigenvalue weighted by atomic mass is 16.5. The lowest BCUT2D eigenvalue weighted by Gasteiger charge is -2.24. The van der Waals surface area contributed by atoms with Crippen LogP contribution in [-0.2, 0) is 11.3 Å². The van der Waals surface area contributed by atoms with Gasteiger partial charge in [0.15, 0.2) is 17.5 Å². The van der Waals surface area contributed by atoms with Gasteiger partial charge in [-0.15, -0.1) is 0 Å². The van der Waals surface area contributed by atoms with Gasteiger partial charge in [-0.1, -0.05) is 19.9 Å². The van der Waals surface area contributed by atoms with Gasteiger partial charge in [-0.3, -0.25) is 4.99 Å². The molecule has 0 spiro atoms. The van der Waals surface area contributed by atoms with Crippen LogP contribution < -0.4 is 20.1 Å². The first-order valence-corrected chi connectivity index (χ1v) is 10.6. The van der Waals surface area contributed by atoms with Crippen LogP contribution in [0.5, 0.6) is 11.5 Å². The third-order valence-corrected chi connectivity index (χ3v) is 5.40. The smallest absolute Gasteiger partial charge is 0.191 e. The van der Waals surface area contributed by atoms with Crippen molar-refractivity contribution in [3.63, 3.8) is 0 Å². The van der Waals surface area contributed by atoms with Crippen LogP contribution in [0.1, 0.15) is 39.2 Å². The molecule has 1 saturated heterocycles. The molecule has 1 unspecified atom stereocenters. The van der Waals surface area contributed by atoms with Crippen LogP contribution in [-0.4, -0.2) is 70.0 Å². The van der Waals surface area contributed by atoms with Gasteiger partial charge in [-0.2, -0.15) is 0 Å². The molecule has 29 heavy (non-hydrogen) atoms. The van der Waals surface area contributed by atoms with Crippen molar-refractivity contribution in [1.82, 2.24) is 15.5 Å². The Labute approximate surface area is 175 Å². The molecule has 0 amide bonds. The number of benzene rings is 1. The van der Waals surface area contributed by atoms with Gasteiger partial charge in [0.2, 0.25) is 0 Å². The first-order valence-electron chi connectivity index (χ1n) is 10.6. The van der Waals surface area contributed by atoms with E-state index >= 15 is 0 Å². The van der Waals surface area contributed by atoms with Crippen LogP contribution in [0.3, 0.4) is 0 Å². The average Bonchev–Trinajstić information content (AvgIpc) is 3.18. The summed E-state index contributed by atoms with van der Waals surface area (Å²) in [5.74, 6) is 2.29. The molecule has 1 aliphatic heterocycles. The van der Waals surface area contributed by atoms with E-state index in [9.17, 15) is 0 Å². The van der Waals surface area contributed by atoms with E-state index in [1.54, 1.807) is 14.2 Å². The Kier molecular flexibility index (Phi) is 9.54. The molecule has 0 aliphatic carbocycles. The van der Waals surface area contributed by atoms with Gasteiger partial charge in [0, 0.05) is 33.3 Å². The molecular weight excluding hydrogens is 368 g/mol. The first kappa shape index (κ1) is 23.3. The molecule has 7 heteroatoms. The van der Waals surface area contributed by atoms with E-state index in [1.165, 1.54) is 0 Å². The molecule has 0 aromatic heterocycles. The molecule has 7 nitrogen and oxygen atoms in total. The summed E-state index contributed by atoms with van der Waals surface area (Å²) in [5.41, 5.74) is 0.995. The predicted molar refractivity (Wildman–Crippen MR) is 118 cm³/mol. The zero-order chi connectivity index (χ0) is 21.1. The third-order valence-electron chi connectivity index (χ3n) is 5.40. The second-order valence-corrected chi connectivity index (χ2v) is 7.54. The second-order valence-electron chi connectivity index (χ2n) is 7.54. The summed E-state index contributed by atoms with van der Waals surface area (Å²) in [6, 6.07) is 6.03. The van der Waals surface area contributed by atoms with Gasteiger partial charge in [-0.05, 0) is 50.6 Å². The zero-order valence-corrected chi connectivity index (χ0v) is 18.7. The molecule has 1 aromatic rings. The minimum Gasteiger partial charge on any atom is -0.493 e. The SMILES string of the molecule is CCN(CC)CCOc1ccc(CNC(=NC)NCC2(C)CCCO2)cc1OC. The summed E-state index contributed by atoms with van der Waals surface area (Å²) in [6.45, 7) is 12.3. The number of rotatable bonds is 11. The summed E-state index contributed by atoms with van der Waals surface area (Å²) in [7, 11) is 3.45. The van der Waals surface area contributed by atoms with Crippen molar-refractivity contribution in [2.75, 3.05) is 53.6 Å². The largest absolute Gasteiger partial charge is 0.493 e. The molecule has 164 valence electrons. The summed E-state index contributed by atoms with van der Waals surface area (Å²) >= 11 is 0. The molecule has 0 radical (unpaired) electrons. The molecule has 0 saturated carbocycles. The van der Waals surface area contributed by atoms with E-state index in [1.807, 2.05) is 12.1 Å². The highest BCUT2D eigenvalue weighted by molar-refractivity contribution is 5.79. The Hall–Kier alpha value is -1.99. The fraction of sp³-hybridized carbons (Fsp3) is 0.682. The van der Waals surface area contributed by atoms with E-state index in [-0.39, 0.29) is 5.60 Å². The normalized spacial score (nSPS) is 19.4. The van der Waals surface area contributed by atoms with Crippen LogP contribution in [0, 0.1) is 0 Å². The molecule has 1 aliphatic rings. The van der Waals surface area contributed by atoms with Crippen molar-refractivity contribution in [1.29, 1.82) is 0 Å². The van der Waals surface area contributed by atoms with Gasteiger partial charge in [0.25, 0.3) is 0 Å². The topological polar surface area (TPSA) is 67.4 Å². The van der Waals surface area contributed by atoms with Crippen LogP contribution in [0.2, 0.25) is 0 Å². The Morgan fingerprint density at radius 2 is 2.03 bits per heavy atom. The third kappa shape index (κ3) is 7.40. The number of hydrogen-bond donors (Lipinski definition) is 2.